The number of nitrogens with one attached hydrogen (secondary N) is 1. The Bertz CT molecular complexity index is 630. The molecule has 0 aliphatic carbocycles. The van der Waals surface area contributed by atoms with Crippen molar-refractivity contribution in [2.45, 2.75) is 19.0 Å². The highest BCUT2D eigenvalue weighted by atomic mass is 35.5. The van der Waals surface area contributed by atoms with Crippen molar-refractivity contribution in [2.75, 3.05) is 40.3 Å². The van der Waals surface area contributed by atoms with E-state index in [1.165, 1.54) is 12.1 Å². The van der Waals surface area contributed by atoms with Gasteiger partial charge in [0.1, 0.15) is 0 Å². The Morgan fingerprint density at radius 1 is 1.19 bits per heavy atom. The molecule has 1 aromatic rings. The van der Waals surface area contributed by atoms with Crippen molar-refractivity contribution in [1.82, 2.24) is 15.1 Å². The second kappa shape index (κ2) is 9.94. The smallest absolute Gasteiger partial charge is 0.344 e. The van der Waals surface area contributed by atoms with Gasteiger partial charge in [-0.1, -0.05) is 0 Å². The highest BCUT2D eigenvalue weighted by Gasteiger charge is 2.32. The second-order valence-corrected chi connectivity index (χ2v) is 6.50. The van der Waals surface area contributed by atoms with E-state index in [0.717, 1.165) is 12.1 Å². The van der Waals surface area contributed by atoms with E-state index in [0.29, 0.717) is 39.0 Å². The highest BCUT2D eigenvalue weighted by Crippen LogP contribution is 2.29. The number of piperidine rings is 1. The van der Waals surface area contributed by atoms with Crippen LogP contribution in [-0.2, 0) is 11.0 Å². The number of rotatable bonds is 5. The van der Waals surface area contributed by atoms with Crippen LogP contribution in [0.2, 0.25) is 0 Å². The molecule has 9 heteroatoms. The molecule has 2 rings (SSSR count). The molecule has 0 unspecified atom stereocenters. The third-order valence-corrected chi connectivity index (χ3v) is 4.66. The van der Waals surface area contributed by atoms with Crippen LogP contribution < -0.4 is 5.32 Å². The number of likely N-dealkylation sites (tertiary alicyclic amines) is 1. The number of nitrogens with zero attached hydrogens (tertiary/aromatic N) is 2. The van der Waals surface area contributed by atoms with E-state index in [-0.39, 0.29) is 35.7 Å². The number of alkyl halides is 3. The molecule has 152 valence electrons. The Labute approximate surface area is 163 Å². The van der Waals surface area contributed by atoms with E-state index in [9.17, 15) is 22.8 Å². The Hall–Kier alpha value is -1.80. The first kappa shape index (κ1) is 23.2. The van der Waals surface area contributed by atoms with Crippen molar-refractivity contribution in [1.29, 1.82) is 0 Å². The van der Waals surface area contributed by atoms with Crippen LogP contribution in [0.25, 0.3) is 0 Å². The zero-order valence-corrected chi connectivity index (χ0v) is 16.2. The van der Waals surface area contributed by atoms with E-state index in [2.05, 4.69) is 5.32 Å². The van der Waals surface area contributed by atoms with Crippen LogP contribution in [0.15, 0.2) is 24.3 Å². The van der Waals surface area contributed by atoms with Gasteiger partial charge in [-0.25, -0.2) is 0 Å². The van der Waals surface area contributed by atoms with Gasteiger partial charge in [-0.3, -0.25) is 9.59 Å². The molecule has 1 heterocycles. The van der Waals surface area contributed by atoms with Gasteiger partial charge >= 0.3 is 6.18 Å². The van der Waals surface area contributed by atoms with Crippen LogP contribution in [-0.4, -0.2) is 61.9 Å². The van der Waals surface area contributed by atoms with E-state index in [1.807, 2.05) is 7.05 Å². The van der Waals surface area contributed by atoms with Gasteiger partial charge in [-0.15, -0.1) is 12.4 Å². The molecule has 1 N–H and O–H groups in total. The number of carbonyl (C=O) groups is 2. The van der Waals surface area contributed by atoms with Gasteiger partial charge in [0.05, 0.1) is 5.56 Å². The number of hydrogen-bond donors (Lipinski definition) is 1. The Kier molecular flexibility index (Phi) is 8.56. The van der Waals surface area contributed by atoms with Gasteiger partial charge in [-0.2, -0.15) is 13.2 Å². The van der Waals surface area contributed by atoms with Gasteiger partial charge in [0.2, 0.25) is 5.91 Å². The molecular formula is C18H25ClF3N3O2. The molecule has 0 saturated carbocycles. The monoisotopic (exact) mass is 407 g/mol. The zero-order valence-electron chi connectivity index (χ0n) is 15.4. The average Bonchev–Trinajstić information content (AvgIpc) is 2.64. The predicted octanol–water partition coefficient (Wildman–Crippen LogP) is 2.66. The minimum Gasteiger partial charge on any atom is -0.344 e. The summed E-state index contributed by atoms with van der Waals surface area (Å²) in [6, 6.07) is 4.24. The molecule has 27 heavy (non-hydrogen) atoms. The van der Waals surface area contributed by atoms with Crippen molar-refractivity contribution >= 4 is 24.2 Å². The normalized spacial score (nSPS) is 15.2. The molecule has 0 radical (unpaired) electrons. The summed E-state index contributed by atoms with van der Waals surface area (Å²) in [7, 11) is 3.59. The molecule has 2 amide bonds. The standard InChI is InChI=1S/C18H24F3N3O2.ClH/c1-22-9-12-23(2)16(25)14-7-10-24(11-8-14)17(26)13-3-5-15(6-4-13)18(19,20)21;/h3-6,14,22H,7-12H2,1-2H3;1H. The van der Waals surface area contributed by atoms with Crippen LogP contribution >= 0.6 is 12.4 Å². The molecular weight excluding hydrogens is 383 g/mol. The minimum absolute atomic E-state index is 0. The summed E-state index contributed by atoms with van der Waals surface area (Å²) >= 11 is 0. The van der Waals surface area contributed by atoms with E-state index in [1.54, 1.807) is 16.8 Å². The number of hydrogen-bond acceptors (Lipinski definition) is 3. The number of halogens is 4. The number of carbonyl (C=O) groups excluding carboxylic acids is 2. The summed E-state index contributed by atoms with van der Waals surface area (Å²) in [5, 5.41) is 2.99. The van der Waals surface area contributed by atoms with Crippen molar-refractivity contribution in [2.24, 2.45) is 5.92 Å². The first-order chi connectivity index (χ1) is 12.2. The van der Waals surface area contributed by atoms with Gasteiger partial charge in [-0.05, 0) is 44.2 Å². The van der Waals surface area contributed by atoms with Crippen LogP contribution in [0, 0.1) is 5.92 Å². The van der Waals surface area contributed by atoms with Crippen LogP contribution in [0.4, 0.5) is 13.2 Å². The molecule has 1 fully saturated rings. The Morgan fingerprint density at radius 3 is 2.22 bits per heavy atom. The molecule has 0 bridgehead atoms. The van der Waals surface area contributed by atoms with Gasteiger partial charge in [0, 0.05) is 44.7 Å². The highest BCUT2D eigenvalue weighted by molar-refractivity contribution is 5.94. The number of likely N-dealkylation sites (N-methyl/N-ethyl adjacent to an activating group) is 2. The van der Waals surface area contributed by atoms with Crippen LogP contribution in [0.1, 0.15) is 28.8 Å². The molecule has 1 saturated heterocycles. The second-order valence-electron chi connectivity index (χ2n) is 6.50. The maximum Gasteiger partial charge on any atom is 0.416 e. The van der Waals surface area contributed by atoms with Gasteiger partial charge in [0.25, 0.3) is 5.91 Å². The lowest BCUT2D eigenvalue weighted by molar-refractivity contribution is -0.137. The van der Waals surface area contributed by atoms with E-state index >= 15 is 0 Å². The average molecular weight is 408 g/mol. The molecule has 1 aliphatic heterocycles. The lowest BCUT2D eigenvalue weighted by Crippen LogP contribution is -2.44. The predicted molar refractivity (Wildman–Crippen MR) is 98.9 cm³/mol. The summed E-state index contributed by atoms with van der Waals surface area (Å²) < 4.78 is 37.8. The maximum atomic E-state index is 12.6. The van der Waals surface area contributed by atoms with E-state index in [4.69, 9.17) is 0 Å². The summed E-state index contributed by atoms with van der Waals surface area (Å²) in [6.45, 7) is 2.19. The third kappa shape index (κ3) is 6.10. The van der Waals surface area contributed by atoms with Crippen molar-refractivity contribution in [3.05, 3.63) is 35.4 Å². The lowest BCUT2D eigenvalue weighted by Gasteiger charge is -2.33. The van der Waals surface area contributed by atoms with E-state index < -0.39 is 11.7 Å². The van der Waals surface area contributed by atoms with Gasteiger partial charge in [0.15, 0.2) is 0 Å². The SMILES string of the molecule is CNCCN(C)C(=O)C1CCN(C(=O)c2ccc(C(F)(F)F)cc2)CC1.Cl. The molecule has 0 spiro atoms. The molecule has 0 aromatic heterocycles. The topological polar surface area (TPSA) is 52.7 Å². The molecule has 5 nitrogen and oxygen atoms in total. The lowest BCUT2D eigenvalue weighted by atomic mass is 9.95. The maximum absolute atomic E-state index is 12.6. The first-order valence-corrected chi connectivity index (χ1v) is 8.60. The molecule has 1 aliphatic rings. The van der Waals surface area contributed by atoms with Crippen molar-refractivity contribution in [3.8, 4) is 0 Å². The molecule has 0 atom stereocenters. The fraction of sp³-hybridized carbons (Fsp3) is 0.556. The van der Waals surface area contributed by atoms with Crippen molar-refractivity contribution < 1.29 is 22.8 Å². The quantitative estimate of drug-likeness (QED) is 0.816. The molecule has 1 aromatic carbocycles. The van der Waals surface area contributed by atoms with Crippen molar-refractivity contribution in [3.63, 3.8) is 0 Å². The zero-order chi connectivity index (χ0) is 19.3. The summed E-state index contributed by atoms with van der Waals surface area (Å²) in [5.74, 6) is -0.344. The first-order valence-electron chi connectivity index (χ1n) is 8.60. The number of benzene rings is 1. The largest absolute Gasteiger partial charge is 0.416 e. The fourth-order valence-electron chi connectivity index (χ4n) is 3.02. The summed E-state index contributed by atoms with van der Waals surface area (Å²) in [4.78, 5) is 28.1. The third-order valence-electron chi connectivity index (χ3n) is 4.66. The van der Waals surface area contributed by atoms with Gasteiger partial charge < -0.3 is 15.1 Å². The Morgan fingerprint density at radius 2 is 1.74 bits per heavy atom. The fourth-order valence-corrected chi connectivity index (χ4v) is 3.02. The van der Waals surface area contributed by atoms with Crippen LogP contribution in [0.5, 0.6) is 0 Å². The minimum atomic E-state index is -4.42. The number of amides is 2. The summed E-state index contributed by atoms with van der Waals surface area (Å²) in [5.41, 5.74) is -0.545. The van der Waals surface area contributed by atoms with Crippen LogP contribution in [0.3, 0.4) is 0 Å². The summed E-state index contributed by atoms with van der Waals surface area (Å²) in [6.07, 6.45) is -3.29. The Balaban J connectivity index is 0.00000364.